The van der Waals surface area contributed by atoms with Crippen LogP contribution in [0.25, 0.3) is 0 Å². The first-order valence-corrected chi connectivity index (χ1v) is 6.36. The van der Waals surface area contributed by atoms with Crippen LogP contribution in [0.3, 0.4) is 0 Å². The zero-order valence-electron chi connectivity index (χ0n) is 10.2. The fourth-order valence-electron chi connectivity index (χ4n) is 2.45. The predicted octanol–water partition coefficient (Wildman–Crippen LogP) is 2.43. The third-order valence-corrected chi connectivity index (χ3v) is 3.67. The highest BCUT2D eigenvalue weighted by Gasteiger charge is 2.32. The van der Waals surface area contributed by atoms with Gasteiger partial charge in [0.1, 0.15) is 5.82 Å². The van der Waals surface area contributed by atoms with Crippen molar-refractivity contribution in [3.63, 3.8) is 0 Å². The molecule has 1 aliphatic rings. The summed E-state index contributed by atoms with van der Waals surface area (Å²) in [6.45, 7) is 2.23. The molecule has 2 nitrogen and oxygen atoms in total. The van der Waals surface area contributed by atoms with Crippen molar-refractivity contribution in [2.75, 3.05) is 6.61 Å². The van der Waals surface area contributed by atoms with Gasteiger partial charge in [-0.2, -0.15) is 0 Å². The molecule has 0 aliphatic heterocycles. The van der Waals surface area contributed by atoms with E-state index in [9.17, 15) is 4.39 Å². The Labute approximate surface area is 102 Å². The van der Waals surface area contributed by atoms with E-state index in [1.807, 2.05) is 12.1 Å². The van der Waals surface area contributed by atoms with Crippen LogP contribution in [0, 0.1) is 5.82 Å². The van der Waals surface area contributed by atoms with Crippen LogP contribution in [0.2, 0.25) is 0 Å². The summed E-state index contributed by atoms with van der Waals surface area (Å²) in [4.78, 5) is 0. The molecule has 1 aromatic rings. The molecule has 0 heterocycles. The van der Waals surface area contributed by atoms with Crippen molar-refractivity contribution >= 4 is 0 Å². The lowest BCUT2D eigenvalue weighted by atomic mass is 9.75. The number of rotatable bonds is 5. The SMILES string of the molecule is CCC(CO)NC1CC(c2ccccc2F)C1. The molecule has 0 amide bonds. The molecule has 94 valence electrons. The molecule has 1 fully saturated rings. The van der Waals surface area contributed by atoms with Crippen molar-refractivity contribution < 1.29 is 9.50 Å². The molecule has 0 radical (unpaired) electrons. The van der Waals surface area contributed by atoms with E-state index in [0.717, 1.165) is 24.8 Å². The Hall–Kier alpha value is -0.930. The molecule has 1 atom stereocenters. The number of hydrogen-bond acceptors (Lipinski definition) is 2. The van der Waals surface area contributed by atoms with Crippen LogP contribution in [-0.4, -0.2) is 23.8 Å². The van der Waals surface area contributed by atoms with Gasteiger partial charge in [-0.1, -0.05) is 25.1 Å². The van der Waals surface area contributed by atoms with Crippen LogP contribution >= 0.6 is 0 Å². The summed E-state index contributed by atoms with van der Waals surface area (Å²) in [6.07, 6.45) is 2.87. The second kappa shape index (κ2) is 5.61. The molecule has 3 heteroatoms. The van der Waals surface area contributed by atoms with Crippen LogP contribution in [0.5, 0.6) is 0 Å². The molecule has 17 heavy (non-hydrogen) atoms. The van der Waals surface area contributed by atoms with Crippen molar-refractivity contribution in [2.45, 2.75) is 44.2 Å². The van der Waals surface area contributed by atoms with Gasteiger partial charge in [0.15, 0.2) is 0 Å². The highest BCUT2D eigenvalue weighted by Crippen LogP contribution is 2.38. The molecule has 1 aliphatic carbocycles. The zero-order valence-corrected chi connectivity index (χ0v) is 10.2. The van der Waals surface area contributed by atoms with Crippen LogP contribution in [0.1, 0.15) is 37.7 Å². The Morgan fingerprint density at radius 2 is 2.12 bits per heavy atom. The maximum atomic E-state index is 13.5. The Morgan fingerprint density at radius 1 is 1.41 bits per heavy atom. The van der Waals surface area contributed by atoms with Crippen LogP contribution in [0.15, 0.2) is 24.3 Å². The van der Waals surface area contributed by atoms with E-state index in [4.69, 9.17) is 5.11 Å². The van der Waals surface area contributed by atoms with Crippen molar-refractivity contribution in [2.24, 2.45) is 0 Å². The van der Waals surface area contributed by atoms with Crippen molar-refractivity contribution in [1.29, 1.82) is 0 Å². The van der Waals surface area contributed by atoms with E-state index in [1.165, 1.54) is 6.07 Å². The Kier molecular flexibility index (Phi) is 4.13. The van der Waals surface area contributed by atoms with Crippen LogP contribution in [0.4, 0.5) is 4.39 Å². The van der Waals surface area contributed by atoms with Gasteiger partial charge in [0.25, 0.3) is 0 Å². The van der Waals surface area contributed by atoms with E-state index in [-0.39, 0.29) is 18.5 Å². The molecule has 0 aromatic heterocycles. The lowest BCUT2D eigenvalue weighted by Gasteiger charge is -2.38. The molecule has 0 spiro atoms. The monoisotopic (exact) mass is 237 g/mol. The topological polar surface area (TPSA) is 32.3 Å². The van der Waals surface area contributed by atoms with E-state index in [2.05, 4.69) is 12.2 Å². The second-order valence-corrected chi connectivity index (χ2v) is 4.84. The molecule has 2 N–H and O–H groups in total. The van der Waals surface area contributed by atoms with E-state index < -0.39 is 0 Å². The van der Waals surface area contributed by atoms with Crippen molar-refractivity contribution in [3.8, 4) is 0 Å². The minimum atomic E-state index is -0.0925. The first-order valence-electron chi connectivity index (χ1n) is 6.36. The van der Waals surface area contributed by atoms with Gasteiger partial charge in [-0.15, -0.1) is 0 Å². The fraction of sp³-hybridized carbons (Fsp3) is 0.571. The Morgan fingerprint density at radius 3 is 2.71 bits per heavy atom. The van der Waals surface area contributed by atoms with Gasteiger partial charge in [0, 0.05) is 12.1 Å². The lowest BCUT2D eigenvalue weighted by Crippen LogP contribution is -2.46. The third-order valence-electron chi connectivity index (χ3n) is 3.67. The summed E-state index contributed by atoms with van der Waals surface area (Å²) in [5.74, 6) is 0.245. The molecule has 2 rings (SSSR count). The number of benzene rings is 1. The molecule has 1 unspecified atom stereocenters. The summed E-state index contributed by atoms with van der Waals surface area (Å²) in [6, 6.07) is 7.63. The second-order valence-electron chi connectivity index (χ2n) is 4.84. The third kappa shape index (κ3) is 2.85. The Bertz CT molecular complexity index is 359. The van der Waals surface area contributed by atoms with Gasteiger partial charge >= 0.3 is 0 Å². The van der Waals surface area contributed by atoms with Crippen molar-refractivity contribution in [1.82, 2.24) is 5.32 Å². The number of nitrogens with one attached hydrogen (secondary N) is 1. The van der Waals surface area contributed by atoms with Crippen LogP contribution in [-0.2, 0) is 0 Å². The molecular formula is C14H20FNO. The fourth-order valence-corrected chi connectivity index (χ4v) is 2.45. The maximum absolute atomic E-state index is 13.5. The minimum absolute atomic E-state index is 0.0925. The molecular weight excluding hydrogens is 217 g/mol. The first kappa shape index (κ1) is 12.5. The molecule has 1 saturated carbocycles. The zero-order chi connectivity index (χ0) is 12.3. The average molecular weight is 237 g/mol. The minimum Gasteiger partial charge on any atom is -0.395 e. The van der Waals surface area contributed by atoms with Gasteiger partial charge < -0.3 is 10.4 Å². The summed E-state index contributed by atoms with van der Waals surface area (Å²) in [5, 5.41) is 12.5. The van der Waals surface area contributed by atoms with Crippen molar-refractivity contribution in [3.05, 3.63) is 35.6 Å². The Balaban J connectivity index is 1.85. The molecule has 0 bridgehead atoms. The van der Waals surface area contributed by atoms with E-state index in [0.29, 0.717) is 12.0 Å². The average Bonchev–Trinajstić information content (AvgIpc) is 2.30. The van der Waals surface area contributed by atoms with Crippen LogP contribution < -0.4 is 5.32 Å². The van der Waals surface area contributed by atoms with Gasteiger partial charge in [-0.3, -0.25) is 0 Å². The first-order chi connectivity index (χ1) is 8.24. The van der Waals surface area contributed by atoms with Gasteiger partial charge in [-0.25, -0.2) is 4.39 Å². The number of halogens is 1. The number of aliphatic hydroxyl groups is 1. The van der Waals surface area contributed by atoms with Gasteiger partial charge in [0.05, 0.1) is 6.61 Å². The highest BCUT2D eigenvalue weighted by atomic mass is 19.1. The summed E-state index contributed by atoms with van der Waals surface area (Å²) >= 11 is 0. The summed E-state index contributed by atoms with van der Waals surface area (Å²) in [7, 11) is 0. The van der Waals surface area contributed by atoms with E-state index >= 15 is 0 Å². The lowest BCUT2D eigenvalue weighted by molar-refractivity contribution is 0.192. The van der Waals surface area contributed by atoms with Gasteiger partial charge in [0.2, 0.25) is 0 Å². The summed E-state index contributed by atoms with van der Waals surface area (Å²) < 4.78 is 13.5. The molecule has 1 aromatic carbocycles. The maximum Gasteiger partial charge on any atom is 0.126 e. The standard InChI is InChI=1S/C14H20FNO/c1-2-11(9-17)16-12-7-10(8-12)13-5-3-4-6-14(13)15/h3-6,10-12,16-17H,2,7-9H2,1H3. The quantitative estimate of drug-likeness (QED) is 0.824. The van der Waals surface area contributed by atoms with Gasteiger partial charge in [-0.05, 0) is 36.8 Å². The van der Waals surface area contributed by atoms with E-state index in [1.54, 1.807) is 6.07 Å². The highest BCUT2D eigenvalue weighted by molar-refractivity contribution is 5.24. The number of aliphatic hydroxyl groups excluding tert-OH is 1. The molecule has 0 saturated heterocycles. The smallest absolute Gasteiger partial charge is 0.126 e. The largest absolute Gasteiger partial charge is 0.395 e. The number of hydrogen-bond donors (Lipinski definition) is 2. The predicted molar refractivity (Wildman–Crippen MR) is 66.5 cm³/mol. The normalized spacial score (nSPS) is 25.4. The summed E-state index contributed by atoms with van der Waals surface area (Å²) in [5.41, 5.74) is 0.836.